The van der Waals surface area contributed by atoms with E-state index in [1.165, 1.54) is 30.6 Å². The highest BCUT2D eigenvalue weighted by atomic mass is 35.5. The minimum absolute atomic E-state index is 0.0396. The topological polar surface area (TPSA) is 60.3 Å². The standard InChI is InChI=1S/C26H24Cl2N2O3S2/c1-33-19-5-3-2-4-16(19)22-21-13-6-7-14(10-13)23(21)34-25-24(22)35-26(32)30(25)12-20(31)29-15-8-9-17(27)18(28)11-15/h2-5,8-9,11,13-14,21-23H,6-7,10,12H2,1H3,(H,29,31)/t13-,14-,21-,22-,23+/m0/s1. The van der Waals surface area contributed by atoms with Crippen LogP contribution in [0.3, 0.4) is 0 Å². The molecule has 2 saturated carbocycles. The molecule has 2 aromatic carbocycles. The van der Waals surface area contributed by atoms with Crippen molar-refractivity contribution in [2.75, 3.05) is 12.4 Å². The lowest BCUT2D eigenvalue weighted by molar-refractivity contribution is -0.116. The Bertz CT molecular complexity index is 1370. The van der Waals surface area contributed by atoms with E-state index in [0.29, 0.717) is 38.7 Å². The third-order valence-electron chi connectivity index (χ3n) is 7.67. The number of carbonyl (C=O) groups excluding carboxylic acids is 1. The van der Waals surface area contributed by atoms with Crippen LogP contribution in [0.5, 0.6) is 5.75 Å². The maximum Gasteiger partial charge on any atom is 0.308 e. The summed E-state index contributed by atoms with van der Waals surface area (Å²) in [5.74, 6) is 2.52. The van der Waals surface area contributed by atoms with E-state index >= 15 is 0 Å². The molecule has 9 heteroatoms. The van der Waals surface area contributed by atoms with Crippen molar-refractivity contribution in [1.29, 1.82) is 0 Å². The number of nitrogens with zero attached hydrogens (tertiary/aromatic N) is 1. The number of methoxy groups -OCH3 is 1. The van der Waals surface area contributed by atoms with E-state index in [2.05, 4.69) is 11.4 Å². The zero-order valence-corrected chi connectivity index (χ0v) is 22.1. The second kappa shape index (κ2) is 9.18. The summed E-state index contributed by atoms with van der Waals surface area (Å²) in [5, 5.41) is 5.03. The van der Waals surface area contributed by atoms with E-state index in [1.807, 2.05) is 30.0 Å². The fourth-order valence-electron chi connectivity index (χ4n) is 6.28. The highest BCUT2D eigenvalue weighted by Gasteiger charge is 2.55. The van der Waals surface area contributed by atoms with Crippen LogP contribution >= 0.6 is 46.3 Å². The van der Waals surface area contributed by atoms with Crippen LogP contribution in [0.2, 0.25) is 10.0 Å². The van der Waals surface area contributed by atoms with Crippen molar-refractivity contribution in [2.24, 2.45) is 17.8 Å². The number of amides is 1. The number of thioether (sulfide) groups is 1. The molecule has 0 unspecified atom stereocenters. The number of carbonyl (C=O) groups is 1. The zero-order valence-electron chi connectivity index (χ0n) is 19.0. The molecule has 0 saturated heterocycles. The summed E-state index contributed by atoms with van der Waals surface area (Å²) in [4.78, 5) is 27.2. The summed E-state index contributed by atoms with van der Waals surface area (Å²) in [7, 11) is 1.70. The number of hydrogen-bond donors (Lipinski definition) is 1. The fourth-order valence-corrected chi connectivity index (χ4v) is 9.72. The molecule has 5 nitrogen and oxygen atoms in total. The van der Waals surface area contributed by atoms with Crippen molar-refractivity contribution < 1.29 is 9.53 Å². The summed E-state index contributed by atoms with van der Waals surface area (Å²) >= 11 is 15.2. The first-order valence-electron chi connectivity index (χ1n) is 11.7. The Morgan fingerprint density at radius 3 is 2.74 bits per heavy atom. The number of rotatable bonds is 5. The molecular formula is C26H24Cl2N2O3S2. The van der Waals surface area contributed by atoms with Crippen molar-refractivity contribution in [3.63, 3.8) is 0 Å². The van der Waals surface area contributed by atoms with E-state index in [9.17, 15) is 9.59 Å². The molecular weight excluding hydrogens is 523 g/mol. The van der Waals surface area contributed by atoms with Gasteiger partial charge >= 0.3 is 4.87 Å². The molecule has 2 aliphatic carbocycles. The van der Waals surface area contributed by atoms with Gasteiger partial charge in [-0.15, -0.1) is 11.8 Å². The second-order valence-electron chi connectivity index (χ2n) is 9.51. The predicted molar refractivity (Wildman–Crippen MR) is 142 cm³/mol. The highest BCUT2D eigenvalue weighted by molar-refractivity contribution is 8.00. The molecule has 3 aromatic rings. The number of fused-ring (bicyclic) bond motifs is 6. The molecule has 5 atom stereocenters. The van der Waals surface area contributed by atoms with E-state index in [1.54, 1.807) is 29.9 Å². The summed E-state index contributed by atoms with van der Waals surface area (Å²) in [6.07, 6.45) is 3.76. The van der Waals surface area contributed by atoms with Crippen molar-refractivity contribution >= 4 is 57.9 Å². The lowest BCUT2D eigenvalue weighted by Crippen LogP contribution is -2.35. The number of halogens is 2. The largest absolute Gasteiger partial charge is 0.496 e. The quantitative estimate of drug-likeness (QED) is 0.395. The van der Waals surface area contributed by atoms with Gasteiger partial charge in [-0.1, -0.05) is 52.7 Å². The molecule has 0 spiro atoms. The average Bonchev–Trinajstić information content (AvgIpc) is 3.54. The normalized spacial score (nSPS) is 26.3. The monoisotopic (exact) mass is 546 g/mol. The first-order chi connectivity index (χ1) is 16.9. The summed E-state index contributed by atoms with van der Waals surface area (Å²) < 4.78 is 7.41. The molecule has 2 heterocycles. The van der Waals surface area contributed by atoms with Crippen LogP contribution < -0.4 is 14.9 Å². The molecule has 35 heavy (non-hydrogen) atoms. The minimum atomic E-state index is -0.268. The van der Waals surface area contributed by atoms with Crippen LogP contribution in [0.15, 0.2) is 52.3 Å². The van der Waals surface area contributed by atoms with Crippen LogP contribution in [0, 0.1) is 17.8 Å². The first-order valence-corrected chi connectivity index (χ1v) is 14.2. The number of hydrogen-bond acceptors (Lipinski definition) is 5. The van der Waals surface area contributed by atoms with E-state index in [-0.39, 0.29) is 23.2 Å². The Morgan fingerprint density at radius 1 is 1.14 bits per heavy atom. The van der Waals surface area contributed by atoms with Crippen LogP contribution in [-0.2, 0) is 11.3 Å². The van der Waals surface area contributed by atoms with Gasteiger partial charge in [0.05, 0.1) is 22.2 Å². The molecule has 1 N–H and O–H groups in total. The smallest absolute Gasteiger partial charge is 0.308 e. The molecule has 2 bridgehead atoms. The van der Waals surface area contributed by atoms with Crippen molar-refractivity contribution in [3.05, 3.63) is 72.6 Å². The molecule has 3 aliphatic rings. The van der Waals surface area contributed by atoms with E-state index in [4.69, 9.17) is 27.9 Å². The Hall–Kier alpha value is -1.93. The van der Waals surface area contributed by atoms with Gasteiger partial charge in [0.15, 0.2) is 0 Å². The molecule has 1 aromatic heterocycles. The van der Waals surface area contributed by atoms with Crippen molar-refractivity contribution in [3.8, 4) is 5.75 Å². The molecule has 182 valence electrons. The number of ether oxygens (including phenoxy) is 1. The lowest BCUT2D eigenvalue weighted by Gasteiger charge is -2.40. The van der Waals surface area contributed by atoms with Gasteiger partial charge < -0.3 is 10.1 Å². The molecule has 0 radical (unpaired) electrons. The Balaban J connectivity index is 1.37. The summed E-state index contributed by atoms with van der Waals surface area (Å²) in [6.45, 7) is -0.0396. The lowest BCUT2D eigenvalue weighted by atomic mass is 9.74. The molecule has 1 aliphatic heterocycles. The van der Waals surface area contributed by atoms with Crippen LogP contribution in [0.1, 0.15) is 35.6 Å². The van der Waals surface area contributed by atoms with Crippen LogP contribution in [0.4, 0.5) is 5.69 Å². The van der Waals surface area contributed by atoms with E-state index in [0.717, 1.165) is 21.2 Å². The SMILES string of the molecule is COc1ccccc1[C@@H]1c2sc(=O)n(CC(=O)Nc3ccc(Cl)c(Cl)c3)c2S[C@@H]2[C@H]3CC[C@@H](C3)[C@@H]12. The van der Waals surface area contributed by atoms with Crippen molar-refractivity contribution in [2.45, 2.75) is 42.0 Å². The number of thiazole rings is 1. The molecule has 6 rings (SSSR count). The van der Waals surface area contributed by atoms with Gasteiger partial charge in [-0.3, -0.25) is 14.2 Å². The van der Waals surface area contributed by atoms with Gasteiger partial charge in [-0.05, 0) is 61.3 Å². The Kier molecular flexibility index (Phi) is 6.16. The Morgan fingerprint density at radius 2 is 1.94 bits per heavy atom. The number of anilines is 1. The third-order valence-corrected chi connectivity index (χ3v) is 11.2. The van der Waals surface area contributed by atoms with Crippen LogP contribution in [0.25, 0.3) is 0 Å². The molecule has 2 fully saturated rings. The zero-order chi connectivity index (χ0) is 24.3. The average molecular weight is 548 g/mol. The van der Waals surface area contributed by atoms with Crippen LogP contribution in [-0.4, -0.2) is 22.8 Å². The third kappa shape index (κ3) is 4.01. The molecule has 1 amide bonds. The Labute approximate surface area is 221 Å². The maximum atomic E-state index is 13.2. The first kappa shape index (κ1) is 23.5. The van der Waals surface area contributed by atoms with Gasteiger partial charge in [-0.2, -0.15) is 0 Å². The number of aromatic nitrogens is 1. The maximum absolute atomic E-state index is 13.2. The number of benzene rings is 2. The van der Waals surface area contributed by atoms with Gasteiger partial charge in [0.2, 0.25) is 5.91 Å². The van der Waals surface area contributed by atoms with E-state index < -0.39 is 0 Å². The van der Waals surface area contributed by atoms with Crippen molar-refractivity contribution in [1.82, 2.24) is 4.57 Å². The van der Waals surface area contributed by atoms with Gasteiger partial charge in [0.25, 0.3) is 0 Å². The van der Waals surface area contributed by atoms with Gasteiger partial charge in [-0.25, -0.2) is 0 Å². The summed E-state index contributed by atoms with van der Waals surface area (Å²) in [6, 6.07) is 13.1. The fraction of sp³-hybridized carbons (Fsp3) is 0.385. The van der Waals surface area contributed by atoms with Gasteiger partial charge in [0.1, 0.15) is 12.3 Å². The number of nitrogens with one attached hydrogen (secondary N) is 1. The predicted octanol–water partition coefficient (Wildman–Crippen LogP) is 6.52. The highest BCUT2D eigenvalue weighted by Crippen LogP contribution is 2.64. The summed E-state index contributed by atoms with van der Waals surface area (Å²) in [5.41, 5.74) is 1.70. The second-order valence-corrected chi connectivity index (χ2v) is 12.5. The van der Waals surface area contributed by atoms with Gasteiger partial charge in [0, 0.05) is 27.3 Å². The number of para-hydroxylation sites is 1. The minimum Gasteiger partial charge on any atom is -0.496 e.